The summed E-state index contributed by atoms with van der Waals surface area (Å²) < 4.78 is 5.74. The minimum atomic E-state index is -0.782. The van der Waals surface area contributed by atoms with E-state index in [1.165, 1.54) is 24.8 Å². The second-order valence-corrected chi connectivity index (χ2v) is 7.98. The second kappa shape index (κ2) is 6.26. The third-order valence-corrected chi connectivity index (χ3v) is 6.35. The topological polar surface area (TPSA) is 36.6 Å². The van der Waals surface area contributed by atoms with E-state index >= 15 is 0 Å². The van der Waals surface area contributed by atoms with Gasteiger partial charge >= 0.3 is 0 Å². The lowest BCUT2D eigenvalue weighted by atomic mass is 9.72. The van der Waals surface area contributed by atoms with Crippen LogP contribution >= 0.6 is 0 Å². The van der Waals surface area contributed by atoms with Gasteiger partial charge in [0.1, 0.15) is 5.58 Å². The summed E-state index contributed by atoms with van der Waals surface area (Å²) in [6, 6.07) is 19.6. The zero-order valence-electron chi connectivity index (χ0n) is 15.0. The molecule has 0 saturated carbocycles. The zero-order chi connectivity index (χ0) is 17.6. The molecule has 3 heterocycles. The van der Waals surface area contributed by atoms with E-state index in [4.69, 9.17) is 4.42 Å². The quantitative estimate of drug-likeness (QED) is 0.737. The molecule has 134 valence electrons. The maximum absolute atomic E-state index is 11.6. The lowest BCUT2D eigenvalue weighted by molar-refractivity contribution is -0.0994. The Morgan fingerprint density at radius 2 is 1.65 bits per heavy atom. The average Bonchev–Trinajstić information content (AvgIpc) is 3.09. The van der Waals surface area contributed by atoms with Crippen LogP contribution in [0.3, 0.4) is 0 Å². The van der Waals surface area contributed by atoms with Gasteiger partial charge < -0.3 is 9.52 Å². The molecule has 3 heteroatoms. The average molecular weight is 347 g/mol. The third kappa shape index (κ3) is 2.67. The Kier molecular flexibility index (Phi) is 3.87. The van der Waals surface area contributed by atoms with Gasteiger partial charge in [-0.05, 0) is 37.3 Å². The lowest BCUT2D eigenvalue weighted by Crippen LogP contribution is -2.56. The van der Waals surface area contributed by atoms with Gasteiger partial charge in [0.15, 0.2) is 0 Å². The Hall–Kier alpha value is -2.10. The molecular formula is C23H25NO2. The van der Waals surface area contributed by atoms with Crippen LogP contribution in [0.4, 0.5) is 0 Å². The molecule has 2 aliphatic rings. The summed E-state index contributed by atoms with van der Waals surface area (Å²) in [6.07, 6.45) is 6.97. The number of fused-ring (bicyclic) bond motifs is 3. The van der Waals surface area contributed by atoms with E-state index in [1.807, 2.05) is 18.2 Å². The third-order valence-electron chi connectivity index (χ3n) is 6.35. The lowest BCUT2D eigenvalue weighted by Gasteiger charge is -2.52. The normalized spacial score (nSPS) is 29.1. The number of benzene rings is 2. The van der Waals surface area contributed by atoms with Crippen molar-refractivity contribution in [1.29, 1.82) is 0 Å². The summed E-state index contributed by atoms with van der Waals surface area (Å²) in [7, 11) is 0. The van der Waals surface area contributed by atoms with Gasteiger partial charge in [-0.15, -0.1) is 0 Å². The molecule has 2 aliphatic heterocycles. The molecular weight excluding hydrogens is 322 g/mol. The first kappa shape index (κ1) is 16.1. The fourth-order valence-corrected chi connectivity index (χ4v) is 5.13. The minimum Gasteiger partial charge on any atom is -0.464 e. The Morgan fingerprint density at radius 3 is 2.42 bits per heavy atom. The van der Waals surface area contributed by atoms with Crippen molar-refractivity contribution in [2.75, 3.05) is 0 Å². The smallest absolute Gasteiger partial charge is 0.134 e. The molecule has 0 spiro atoms. The van der Waals surface area contributed by atoms with Crippen molar-refractivity contribution in [1.82, 2.24) is 4.90 Å². The Morgan fingerprint density at radius 1 is 0.962 bits per heavy atom. The van der Waals surface area contributed by atoms with Crippen molar-refractivity contribution < 1.29 is 9.52 Å². The molecule has 2 aromatic carbocycles. The van der Waals surface area contributed by atoms with Crippen LogP contribution in [-0.2, 0) is 12.1 Å². The Labute approximate surface area is 154 Å². The van der Waals surface area contributed by atoms with Crippen LogP contribution < -0.4 is 0 Å². The number of rotatable bonds is 3. The maximum atomic E-state index is 11.6. The van der Waals surface area contributed by atoms with Crippen LogP contribution in [0.1, 0.15) is 43.2 Å². The SMILES string of the molecule is OC1(c2coc3ccccc23)CC2CCCC(C1)N2Cc1ccccc1. The molecule has 2 bridgehead atoms. The first-order valence-electron chi connectivity index (χ1n) is 9.72. The molecule has 0 radical (unpaired) electrons. The monoisotopic (exact) mass is 347 g/mol. The standard InChI is InChI=1S/C23H25NO2/c25-23(21-16-26-22-12-5-4-11-20(21)22)13-18-9-6-10-19(14-23)24(18)15-17-7-2-1-3-8-17/h1-5,7-8,11-12,16,18-19,25H,6,9-10,13-15H2. The minimum absolute atomic E-state index is 0.432. The van der Waals surface area contributed by atoms with E-state index in [0.717, 1.165) is 35.9 Å². The van der Waals surface area contributed by atoms with Gasteiger partial charge in [0, 0.05) is 29.6 Å². The molecule has 26 heavy (non-hydrogen) atoms. The van der Waals surface area contributed by atoms with E-state index in [0.29, 0.717) is 12.1 Å². The van der Waals surface area contributed by atoms with Crippen LogP contribution in [0.25, 0.3) is 11.0 Å². The van der Waals surface area contributed by atoms with E-state index in [2.05, 4.69) is 41.3 Å². The van der Waals surface area contributed by atoms with Crippen LogP contribution in [0.5, 0.6) is 0 Å². The molecule has 3 aromatic rings. The highest BCUT2D eigenvalue weighted by Gasteiger charge is 2.47. The number of aliphatic hydroxyl groups is 1. The summed E-state index contributed by atoms with van der Waals surface area (Å²) in [4.78, 5) is 2.63. The fraction of sp³-hybridized carbons (Fsp3) is 0.391. The molecule has 0 aliphatic carbocycles. The van der Waals surface area contributed by atoms with Crippen molar-refractivity contribution in [2.45, 2.75) is 56.3 Å². The maximum Gasteiger partial charge on any atom is 0.134 e. The molecule has 1 aromatic heterocycles. The van der Waals surface area contributed by atoms with Crippen LogP contribution in [0.15, 0.2) is 65.3 Å². The second-order valence-electron chi connectivity index (χ2n) is 7.98. The summed E-state index contributed by atoms with van der Waals surface area (Å²) >= 11 is 0. The molecule has 2 fully saturated rings. The molecule has 1 N–H and O–H groups in total. The number of hydrogen-bond donors (Lipinski definition) is 1. The number of hydrogen-bond acceptors (Lipinski definition) is 3. The number of para-hydroxylation sites is 1. The van der Waals surface area contributed by atoms with Crippen LogP contribution in [0.2, 0.25) is 0 Å². The van der Waals surface area contributed by atoms with E-state index in [1.54, 1.807) is 6.26 Å². The summed E-state index contributed by atoms with van der Waals surface area (Å²) in [5.41, 5.74) is 2.43. The Balaban J connectivity index is 1.46. The molecule has 5 rings (SSSR count). The molecule has 2 unspecified atom stereocenters. The van der Waals surface area contributed by atoms with Gasteiger partial charge in [0.25, 0.3) is 0 Å². The van der Waals surface area contributed by atoms with Crippen molar-refractivity contribution in [2.24, 2.45) is 0 Å². The fourth-order valence-electron chi connectivity index (χ4n) is 5.13. The largest absolute Gasteiger partial charge is 0.464 e. The van der Waals surface area contributed by atoms with Gasteiger partial charge in [0.05, 0.1) is 11.9 Å². The zero-order valence-corrected chi connectivity index (χ0v) is 15.0. The van der Waals surface area contributed by atoms with Crippen molar-refractivity contribution in [3.05, 3.63) is 72.0 Å². The van der Waals surface area contributed by atoms with Gasteiger partial charge in [0.2, 0.25) is 0 Å². The van der Waals surface area contributed by atoms with E-state index in [9.17, 15) is 5.11 Å². The highest BCUT2D eigenvalue weighted by molar-refractivity contribution is 5.81. The van der Waals surface area contributed by atoms with Gasteiger partial charge in [-0.1, -0.05) is 55.0 Å². The van der Waals surface area contributed by atoms with Gasteiger partial charge in [-0.25, -0.2) is 0 Å². The summed E-state index contributed by atoms with van der Waals surface area (Å²) in [5.74, 6) is 0. The van der Waals surface area contributed by atoms with Gasteiger partial charge in [-0.3, -0.25) is 4.90 Å². The highest BCUT2D eigenvalue weighted by Crippen LogP contribution is 2.46. The number of furan rings is 1. The summed E-state index contributed by atoms with van der Waals surface area (Å²) in [6.45, 7) is 0.985. The van der Waals surface area contributed by atoms with Crippen LogP contribution in [0, 0.1) is 0 Å². The number of nitrogens with zero attached hydrogens (tertiary/aromatic N) is 1. The van der Waals surface area contributed by atoms with Crippen molar-refractivity contribution in [3.8, 4) is 0 Å². The first-order valence-corrected chi connectivity index (χ1v) is 9.72. The predicted octanol–water partition coefficient (Wildman–Crippen LogP) is 4.84. The molecule has 0 amide bonds. The predicted molar refractivity (Wildman–Crippen MR) is 103 cm³/mol. The first-order chi connectivity index (χ1) is 12.7. The van der Waals surface area contributed by atoms with E-state index < -0.39 is 5.60 Å². The summed E-state index contributed by atoms with van der Waals surface area (Å²) in [5, 5.41) is 12.7. The van der Waals surface area contributed by atoms with Gasteiger partial charge in [-0.2, -0.15) is 0 Å². The number of piperidine rings is 2. The molecule has 3 nitrogen and oxygen atoms in total. The molecule has 2 atom stereocenters. The Bertz CT molecular complexity index is 887. The van der Waals surface area contributed by atoms with E-state index in [-0.39, 0.29) is 0 Å². The van der Waals surface area contributed by atoms with Crippen molar-refractivity contribution >= 4 is 11.0 Å². The highest BCUT2D eigenvalue weighted by atomic mass is 16.3. The molecule has 2 saturated heterocycles. The van der Waals surface area contributed by atoms with Crippen LogP contribution in [-0.4, -0.2) is 22.1 Å². The van der Waals surface area contributed by atoms with Crippen molar-refractivity contribution in [3.63, 3.8) is 0 Å².